The predicted molar refractivity (Wildman–Crippen MR) is 100 cm³/mol. The SMILES string of the molecule is Cc1cc(C)c(NC(=O)COc2cc(C)ccc2C(C)C)c(C)c1. The minimum Gasteiger partial charge on any atom is -0.483 e. The smallest absolute Gasteiger partial charge is 0.262 e. The van der Waals surface area contributed by atoms with Crippen LogP contribution in [0.2, 0.25) is 0 Å². The van der Waals surface area contributed by atoms with Crippen molar-refractivity contribution in [2.75, 3.05) is 11.9 Å². The molecule has 24 heavy (non-hydrogen) atoms. The van der Waals surface area contributed by atoms with Crippen LogP contribution in [0.15, 0.2) is 30.3 Å². The van der Waals surface area contributed by atoms with Crippen LogP contribution in [-0.2, 0) is 4.79 Å². The first kappa shape index (κ1) is 18.1. The number of rotatable bonds is 5. The Balaban J connectivity index is 2.08. The Bertz CT molecular complexity index is 724. The van der Waals surface area contributed by atoms with Gasteiger partial charge in [-0.2, -0.15) is 0 Å². The predicted octanol–water partition coefficient (Wildman–Crippen LogP) is 5.06. The van der Waals surface area contributed by atoms with Crippen molar-refractivity contribution in [2.24, 2.45) is 0 Å². The summed E-state index contributed by atoms with van der Waals surface area (Å²) in [7, 11) is 0. The summed E-state index contributed by atoms with van der Waals surface area (Å²) in [4.78, 5) is 12.3. The van der Waals surface area contributed by atoms with Gasteiger partial charge in [-0.25, -0.2) is 0 Å². The molecule has 2 aromatic carbocycles. The first-order chi connectivity index (χ1) is 11.3. The van der Waals surface area contributed by atoms with Gasteiger partial charge >= 0.3 is 0 Å². The lowest BCUT2D eigenvalue weighted by Crippen LogP contribution is -2.21. The molecule has 0 aliphatic rings. The minimum absolute atomic E-state index is 0.00985. The first-order valence-electron chi connectivity index (χ1n) is 8.39. The molecule has 0 aliphatic carbocycles. The summed E-state index contributed by atoms with van der Waals surface area (Å²) in [6, 6.07) is 10.3. The number of amides is 1. The highest BCUT2D eigenvalue weighted by atomic mass is 16.5. The van der Waals surface area contributed by atoms with Gasteiger partial charge in [0.05, 0.1) is 0 Å². The third kappa shape index (κ3) is 4.38. The van der Waals surface area contributed by atoms with Crippen LogP contribution in [0, 0.1) is 27.7 Å². The lowest BCUT2D eigenvalue weighted by atomic mass is 10.0. The summed E-state index contributed by atoms with van der Waals surface area (Å²) in [6.07, 6.45) is 0. The molecule has 2 aromatic rings. The molecule has 0 aromatic heterocycles. The zero-order chi connectivity index (χ0) is 17.9. The molecule has 0 saturated heterocycles. The number of hydrogen-bond acceptors (Lipinski definition) is 2. The van der Waals surface area contributed by atoms with Crippen LogP contribution >= 0.6 is 0 Å². The average molecular weight is 325 g/mol. The van der Waals surface area contributed by atoms with E-state index in [2.05, 4.69) is 50.4 Å². The van der Waals surface area contributed by atoms with Crippen molar-refractivity contribution in [2.45, 2.75) is 47.5 Å². The van der Waals surface area contributed by atoms with Crippen LogP contribution in [0.25, 0.3) is 0 Å². The van der Waals surface area contributed by atoms with Crippen molar-refractivity contribution in [3.63, 3.8) is 0 Å². The van der Waals surface area contributed by atoms with Gasteiger partial charge in [-0.15, -0.1) is 0 Å². The van der Waals surface area contributed by atoms with E-state index < -0.39 is 0 Å². The van der Waals surface area contributed by atoms with Crippen molar-refractivity contribution >= 4 is 11.6 Å². The van der Waals surface area contributed by atoms with E-state index in [4.69, 9.17) is 4.74 Å². The second-order valence-electron chi connectivity index (χ2n) is 6.81. The van der Waals surface area contributed by atoms with Crippen molar-refractivity contribution in [1.29, 1.82) is 0 Å². The van der Waals surface area contributed by atoms with E-state index in [1.807, 2.05) is 26.8 Å². The molecule has 2 rings (SSSR count). The Morgan fingerprint density at radius 3 is 2.21 bits per heavy atom. The second kappa shape index (κ2) is 7.52. The van der Waals surface area contributed by atoms with Crippen molar-refractivity contribution < 1.29 is 9.53 Å². The number of benzene rings is 2. The van der Waals surface area contributed by atoms with Crippen LogP contribution in [0.5, 0.6) is 5.75 Å². The lowest BCUT2D eigenvalue weighted by Gasteiger charge is -2.16. The van der Waals surface area contributed by atoms with Gasteiger partial charge in [-0.05, 0) is 61.9 Å². The topological polar surface area (TPSA) is 38.3 Å². The highest BCUT2D eigenvalue weighted by Crippen LogP contribution is 2.27. The quantitative estimate of drug-likeness (QED) is 0.834. The largest absolute Gasteiger partial charge is 0.483 e. The summed E-state index contributed by atoms with van der Waals surface area (Å²) >= 11 is 0. The molecule has 0 heterocycles. The van der Waals surface area contributed by atoms with Crippen LogP contribution < -0.4 is 10.1 Å². The first-order valence-corrected chi connectivity index (χ1v) is 8.39. The van der Waals surface area contributed by atoms with Crippen molar-refractivity contribution in [3.05, 3.63) is 58.1 Å². The zero-order valence-corrected chi connectivity index (χ0v) is 15.5. The maximum Gasteiger partial charge on any atom is 0.262 e. The fourth-order valence-electron chi connectivity index (χ4n) is 2.94. The number of anilines is 1. The third-order valence-electron chi connectivity index (χ3n) is 4.09. The third-order valence-corrected chi connectivity index (χ3v) is 4.09. The summed E-state index contributed by atoms with van der Waals surface area (Å²) in [5.74, 6) is 1.00. The molecular weight excluding hydrogens is 298 g/mol. The molecule has 0 fully saturated rings. The monoisotopic (exact) mass is 325 g/mol. The molecule has 0 radical (unpaired) electrons. The number of ether oxygens (including phenoxy) is 1. The van der Waals surface area contributed by atoms with Gasteiger partial charge in [0.2, 0.25) is 0 Å². The van der Waals surface area contributed by atoms with Gasteiger partial charge in [-0.3, -0.25) is 4.79 Å². The van der Waals surface area contributed by atoms with E-state index in [1.165, 1.54) is 5.56 Å². The Hall–Kier alpha value is -2.29. The number of hydrogen-bond donors (Lipinski definition) is 1. The fourth-order valence-corrected chi connectivity index (χ4v) is 2.94. The van der Waals surface area contributed by atoms with Gasteiger partial charge in [0, 0.05) is 5.69 Å². The fraction of sp³-hybridized carbons (Fsp3) is 0.381. The molecule has 3 heteroatoms. The van der Waals surface area contributed by atoms with Gasteiger partial charge in [0.15, 0.2) is 6.61 Å². The molecule has 0 aliphatic heterocycles. The molecule has 1 amide bonds. The molecule has 3 nitrogen and oxygen atoms in total. The molecule has 128 valence electrons. The van der Waals surface area contributed by atoms with Gasteiger partial charge in [0.25, 0.3) is 5.91 Å². The van der Waals surface area contributed by atoms with Crippen molar-refractivity contribution in [1.82, 2.24) is 0 Å². The molecule has 1 N–H and O–H groups in total. The molecule has 0 saturated carbocycles. The van der Waals surface area contributed by atoms with Gasteiger partial charge < -0.3 is 10.1 Å². The van der Waals surface area contributed by atoms with E-state index in [-0.39, 0.29) is 12.5 Å². The van der Waals surface area contributed by atoms with Gasteiger partial charge in [-0.1, -0.05) is 43.7 Å². The van der Waals surface area contributed by atoms with E-state index in [0.29, 0.717) is 5.92 Å². The maximum absolute atomic E-state index is 12.3. The molecule has 0 atom stereocenters. The van der Waals surface area contributed by atoms with Crippen molar-refractivity contribution in [3.8, 4) is 5.75 Å². The number of nitrogens with one attached hydrogen (secondary N) is 1. The zero-order valence-electron chi connectivity index (χ0n) is 15.5. The molecular formula is C21H27NO2. The van der Waals surface area contributed by atoms with Crippen LogP contribution in [0.4, 0.5) is 5.69 Å². The summed E-state index contributed by atoms with van der Waals surface area (Å²) in [5, 5.41) is 2.98. The standard InChI is InChI=1S/C21H27NO2/c1-13(2)18-8-7-14(3)11-19(18)24-12-20(23)22-21-16(5)9-15(4)10-17(21)6/h7-11,13H,12H2,1-6H3,(H,22,23). The average Bonchev–Trinajstić information content (AvgIpc) is 2.48. The number of carbonyl (C=O) groups excluding carboxylic acids is 1. The van der Waals surface area contributed by atoms with Crippen LogP contribution in [-0.4, -0.2) is 12.5 Å². The lowest BCUT2D eigenvalue weighted by molar-refractivity contribution is -0.118. The Labute approximate surface area is 145 Å². The minimum atomic E-state index is -0.138. The number of carbonyl (C=O) groups is 1. The Morgan fingerprint density at radius 1 is 1.00 bits per heavy atom. The van der Waals surface area contributed by atoms with Crippen LogP contribution in [0.3, 0.4) is 0 Å². The summed E-state index contributed by atoms with van der Waals surface area (Å²) in [6.45, 7) is 12.3. The van der Waals surface area contributed by atoms with Crippen LogP contribution in [0.1, 0.15) is 47.6 Å². The van der Waals surface area contributed by atoms with E-state index >= 15 is 0 Å². The summed E-state index contributed by atoms with van der Waals surface area (Å²) < 4.78 is 5.80. The molecule has 0 unspecified atom stereocenters. The highest BCUT2D eigenvalue weighted by molar-refractivity contribution is 5.93. The van der Waals surface area contributed by atoms with E-state index in [0.717, 1.165) is 33.7 Å². The maximum atomic E-state index is 12.3. The molecule has 0 bridgehead atoms. The highest BCUT2D eigenvalue weighted by Gasteiger charge is 2.12. The van der Waals surface area contributed by atoms with E-state index in [9.17, 15) is 4.79 Å². The number of aryl methyl sites for hydroxylation is 4. The summed E-state index contributed by atoms with van der Waals surface area (Å²) in [5.41, 5.74) is 6.46. The second-order valence-corrected chi connectivity index (χ2v) is 6.81. The van der Waals surface area contributed by atoms with Gasteiger partial charge in [0.1, 0.15) is 5.75 Å². The van der Waals surface area contributed by atoms with E-state index in [1.54, 1.807) is 0 Å². The Kier molecular flexibility index (Phi) is 5.66. The Morgan fingerprint density at radius 2 is 1.62 bits per heavy atom. The molecule has 0 spiro atoms. The normalized spacial score (nSPS) is 10.8.